The summed E-state index contributed by atoms with van der Waals surface area (Å²) in [7, 11) is 0. The van der Waals surface area contributed by atoms with Crippen LogP contribution >= 0.6 is 0 Å². The summed E-state index contributed by atoms with van der Waals surface area (Å²) in [4.78, 5) is 2.55. The Kier molecular flexibility index (Phi) is 4.26. The van der Waals surface area contributed by atoms with Crippen LogP contribution in [0.15, 0.2) is 18.2 Å². The molecule has 1 aromatic carbocycles. The van der Waals surface area contributed by atoms with Crippen molar-refractivity contribution in [2.45, 2.75) is 26.2 Å². The van der Waals surface area contributed by atoms with E-state index in [9.17, 15) is 0 Å². The SMILES string of the molecule is Cc1c(N)cccc1NCCCN1CCCC1. The van der Waals surface area contributed by atoms with Crippen molar-refractivity contribution in [1.82, 2.24) is 4.90 Å². The third kappa shape index (κ3) is 3.37. The third-order valence-electron chi connectivity index (χ3n) is 3.54. The number of nitrogen functional groups attached to an aromatic ring is 1. The van der Waals surface area contributed by atoms with Crippen molar-refractivity contribution >= 4 is 11.4 Å². The standard InChI is InChI=1S/C14H23N3/c1-12-13(15)6-4-7-14(12)16-8-5-11-17-9-2-3-10-17/h4,6-7,16H,2-3,5,8-11,15H2,1H3. The summed E-state index contributed by atoms with van der Waals surface area (Å²) in [5.74, 6) is 0. The lowest BCUT2D eigenvalue weighted by atomic mass is 10.1. The molecule has 1 aliphatic heterocycles. The van der Waals surface area contributed by atoms with Gasteiger partial charge >= 0.3 is 0 Å². The summed E-state index contributed by atoms with van der Waals surface area (Å²) in [5, 5.41) is 3.47. The maximum atomic E-state index is 5.88. The van der Waals surface area contributed by atoms with E-state index in [0.29, 0.717) is 0 Å². The van der Waals surface area contributed by atoms with Gasteiger partial charge < -0.3 is 16.0 Å². The van der Waals surface area contributed by atoms with Crippen LogP contribution in [0.5, 0.6) is 0 Å². The number of nitrogens with zero attached hydrogens (tertiary/aromatic N) is 1. The number of anilines is 2. The Balaban J connectivity index is 1.72. The molecule has 0 aliphatic carbocycles. The molecule has 0 saturated carbocycles. The highest BCUT2D eigenvalue weighted by Crippen LogP contribution is 2.20. The molecule has 0 spiro atoms. The smallest absolute Gasteiger partial charge is 0.0390 e. The van der Waals surface area contributed by atoms with Crippen molar-refractivity contribution < 1.29 is 0 Å². The number of benzene rings is 1. The fraction of sp³-hybridized carbons (Fsp3) is 0.571. The van der Waals surface area contributed by atoms with Gasteiger partial charge in [0, 0.05) is 17.9 Å². The molecule has 1 aromatic rings. The Labute approximate surface area is 104 Å². The van der Waals surface area contributed by atoms with Gasteiger partial charge in [0.15, 0.2) is 0 Å². The first kappa shape index (κ1) is 12.2. The van der Waals surface area contributed by atoms with E-state index in [2.05, 4.69) is 23.2 Å². The molecule has 3 N–H and O–H groups in total. The van der Waals surface area contributed by atoms with E-state index in [-0.39, 0.29) is 0 Å². The summed E-state index contributed by atoms with van der Waals surface area (Å²) in [6.07, 6.45) is 3.96. The highest BCUT2D eigenvalue weighted by Gasteiger charge is 2.10. The number of nitrogens with two attached hydrogens (primary N) is 1. The summed E-state index contributed by atoms with van der Waals surface area (Å²) < 4.78 is 0. The number of nitrogens with one attached hydrogen (secondary N) is 1. The summed E-state index contributed by atoms with van der Waals surface area (Å²) in [6, 6.07) is 6.05. The predicted octanol–water partition coefficient (Wildman–Crippen LogP) is 2.48. The second kappa shape index (κ2) is 5.92. The van der Waals surface area contributed by atoms with E-state index in [1.54, 1.807) is 0 Å². The van der Waals surface area contributed by atoms with Gasteiger partial charge in [0.2, 0.25) is 0 Å². The first-order valence-electron chi connectivity index (χ1n) is 6.58. The second-order valence-electron chi connectivity index (χ2n) is 4.85. The molecule has 0 radical (unpaired) electrons. The quantitative estimate of drug-likeness (QED) is 0.606. The number of hydrogen-bond donors (Lipinski definition) is 2. The molecule has 1 heterocycles. The molecule has 17 heavy (non-hydrogen) atoms. The van der Waals surface area contributed by atoms with Crippen LogP contribution in [0.2, 0.25) is 0 Å². The van der Waals surface area contributed by atoms with E-state index < -0.39 is 0 Å². The lowest BCUT2D eigenvalue weighted by molar-refractivity contribution is 0.337. The van der Waals surface area contributed by atoms with E-state index in [1.807, 2.05) is 12.1 Å². The van der Waals surface area contributed by atoms with Gasteiger partial charge in [0.25, 0.3) is 0 Å². The van der Waals surface area contributed by atoms with Gasteiger partial charge in [-0.15, -0.1) is 0 Å². The highest BCUT2D eigenvalue weighted by atomic mass is 15.1. The Morgan fingerprint density at radius 3 is 2.82 bits per heavy atom. The topological polar surface area (TPSA) is 41.3 Å². The molecule has 1 aliphatic rings. The Morgan fingerprint density at radius 1 is 1.29 bits per heavy atom. The normalized spacial score (nSPS) is 16.3. The second-order valence-corrected chi connectivity index (χ2v) is 4.85. The number of likely N-dealkylation sites (tertiary alicyclic amines) is 1. The molecule has 0 bridgehead atoms. The first-order chi connectivity index (χ1) is 8.27. The Bertz CT molecular complexity index is 356. The lowest BCUT2D eigenvalue weighted by Gasteiger charge is -2.15. The van der Waals surface area contributed by atoms with Gasteiger partial charge in [-0.3, -0.25) is 0 Å². The van der Waals surface area contributed by atoms with Crippen molar-refractivity contribution in [3.05, 3.63) is 23.8 Å². The number of hydrogen-bond acceptors (Lipinski definition) is 3. The molecule has 0 aromatic heterocycles. The van der Waals surface area contributed by atoms with Crippen LogP contribution in [0.3, 0.4) is 0 Å². The van der Waals surface area contributed by atoms with Gasteiger partial charge in [0.1, 0.15) is 0 Å². The van der Waals surface area contributed by atoms with E-state index in [4.69, 9.17) is 5.73 Å². The Morgan fingerprint density at radius 2 is 2.06 bits per heavy atom. The van der Waals surface area contributed by atoms with Crippen molar-refractivity contribution in [2.24, 2.45) is 0 Å². The predicted molar refractivity (Wildman–Crippen MR) is 74.4 cm³/mol. The molecule has 0 unspecified atom stereocenters. The minimum Gasteiger partial charge on any atom is -0.398 e. The number of rotatable bonds is 5. The third-order valence-corrected chi connectivity index (χ3v) is 3.54. The molecule has 94 valence electrons. The van der Waals surface area contributed by atoms with Gasteiger partial charge in [-0.25, -0.2) is 0 Å². The molecule has 0 atom stereocenters. The van der Waals surface area contributed by atoms with E-state index >= 15 is 0 Å². The molecule has 3 heteroatoms. The minimum atomic E-state index is 0.870. The van der Waals surface area contributed by atoms with Gasteiger partial charge in [0.05, 0.1) is 0 Å². The zero-order chi connectivity index (χ0) is 12.1. The maximum Gasteiger partial charge on any atom is 0.0390 e. The summed E-state index contributed by atoms with van der Waals surface area (Å²) >= 11 is 0. The molecule has 3 nitrogen and oxygen atoms in total. The zero-order valence-corrected chi connectivity index (χ0v) is 10.7. The maximum absolute atomic E-state index is 5.88. The average Bonchev–Trinajstić information content (AvgIpc) is 2.83. The van der Waals surface area contributed by atoms with Gasteiger partial charge in [-0.1, -0.05) is 6.07 Å². The fourth-order valence-electron chi connectivity index (χ4n) is 2.38. The van der Waals surface area contributed by atoms with Crippen LogP contribution in [0.4, 0.5) is 11.4 Å². The van der Waals surface area contributed by atoms with Gasteiger partial charge in [-0.2, -0.15) is 0 Å². The van der Waals surface area contributed by atoms with Gasteiger partial charge in [-0.05, 0) is 63.5 Å². The first-order valence-corrected chi connectivity index (χ1v) is 6.58. The van der Waals surface area contributed by atoms with E-state index in [1.165, 1.54) is 44.6 Å². The van der Waals surface area contributed by atoms with Crippen molar-refractivity contribution in [2.75, 3.05) is 37.2 Å². The van der Waals surface area contributed by atoms with Crippen molar-refractivity contribution in [3.8, 4) is 0 Å². The van der Waals surface area contributed by atoms with E-state index in [0.717, 1.165) is 17.8 Å². The molecule has 2 rings (SSSR count). The molecule has 0 amide bonds. The Hall–Kier alpha value is -1.22. The lowest BCUT2D eigenvalue weighted by Crippen LogP contribution is -2.22. The van der Waals surface area contributed by atoms with Crippen molar-refractivity contribution in [3.63, 3.8) is 0 Å². The van der Waals surface area contributed by atoms with Crippen LogP contribution in [0.25, 0.3) is 0 Å². The highest BCUT2D eigenvalue weighted by molar-refractivity contribution is 5.62. The van der Waals surface area contributed by atoms with Crippen LogP contribution in [-0.2, 0) is 0 Å². The molecule has 1 saturated heterocycles. The summed E-state index contributed by atoms with van der Waals surface area (Å²) in [6.45, 7) is 6.89. The summed E-state index contributed by atoms with van der Waals surface area (Å²) in [5.41, 5.74) is 9.08. The minimum absolute atomic E-state index is 0.870. The fourth-order valence-corrected chi connectivity index (χ4v) is 2.38. The van der Waals surface area contributed by atoms with Crippen LogP contribution < -0.4 is 11.1 Å². The van der Waals surface area contributed by atoms with Crippen LogP contribution in [0, 0.1) is 6.92 Å². The largest absolute Gasteiger partial charge is 0.398 e. The van der Waals surface area contributed by atoms with Crippen LogP contribution in [-0.4, -0.2) is 31.1 Å². The zero-order valence-electron chi connectivity index (χ0n) is 10.7. The molecular weight excluding hydrogens is 210 g/mol. The average molecular weight is 233 g/mol. The monoisotopic (exact) mass is 233 g/mol. The van der Waals surface area contributed by atoms with Crippen LogP contribution in [0.1, 0.15) is 24.8 Å². The molecular formula is C14H23N3. The molecule has 1 fully saturated rings. The van der Waals surface area contributed by atoms with Crippen molar-refractivity contribution in [1.29, 1.82) is 0 Å².